The van der Waals surface area contributed by atoms with Gasteiger partial charge in [0, 0.05) is 43.8 Å². The smallest absolute Gasteiger partial charge is 0.228 e. The van der Waals surface area contributed by atoms with Crippen LogP contribution in [-0.4, -0.2) is 40.8 Å². The van der Waals surface area contributed by atoms with Gasteiger partial charge in [-0.3, -0.25) is 19.5 Å². The van der Waals surface area contributed by atoms with Crippen molar-refractivity contribution in [2.75, 3.05) is 18.4 Å². The molecule has 7 heteroatoms. The van der Waals surface area contributed by atoms with E-state index in [9.17, 15) is 14.0 Å². The van der Waals surface area contributed by atoms with Gasteiger partial charge in [-0.1, -0.05) is 0 Å². The predicted molar refractivity (Wildman–Crippen MR) is 107 cm³/mol. The number of carbonyl (C=O) groups is 2. The lowest BCUT2D eigenvalue weighted by Gasteiger charge is -2.36. The molecule has 1 aliphatic carbocycles. The molecule has 1 aromatic heterocycles. The minimum atomic E-state index is -0.346. The molecule has 0 radical (unpaired) electrons. The topological polar surface area (TPSA) is 74.3 Å². The minimum Gasteiger partial charge on any atom is -0.353 e. The van der Waals surface area contributed by atoms with Crippen LogP contribution in [0.4, 0.5) is 10.1 Å². The van der Waals surface area contributed by atoms with Crippen LogP contribution >= 0.6 is 0 Å². The average Bonchev–Trinajstić information content (AvgIpc) is 3.54. The number of amides is 2. The molecule has 2 atom stereocenters. The van der Waals surface area contributed by atoms with Crippen LogP contribution in [0, 0.1) is 17.7 Å². The zero-order valence-corrected chi connectivity index (χ0v) is 16.2. The third-order valence-corrected chi connectivity index (χ3v) is 5.46. The molecule has 4 rings (SSSR count). The van der Waals surface area contributed by atoms with Crippen LogP contribution in [0.5, 0.6) is 0 Å². The second-order valence-electron chi connectivity index (χ2n) is 7.96. The third kappa shape index (κ3) is 5.38. The van der Waals surface area contributed by atoms with E-state index in [1.165, 1.54) is 12.1 Å². The van der Waals surface area contributed by atoms with Crippen LogP contribution in [0.15, 0.2) is 48.8 Å². The lowest BCUT2D eigenvalue weighted by molar-refractivity contribution is -0.130. The lowest BCUT2D eigenvalue weighted by Crippen LogP contribution is -2.49. The van der Waals surface area contributed by atoms with Crippen molar-refractivity contribution < 1.29 is 14.0 Å². The number of hydrogen-bond donors (Lipinski definition) is 2. The largest absolute Gasteiger partial charge is 0.353 e. The van der Waals surface area contributed by atoms with Gasteiger partial charge in [-0.05, 0) is 61.2 Å². The second kappa shape index (κ2) is 8.69. The van der Waals surface area contributed by atoms with Gasteiger partial charge in [-0.2, -0.15) is 0 Å². The molecule has 2 aromatic rings. The molecule has 2 heterocycles. The highest BCUT2D eigenvalue weighted by Crippen LogP contribution is 2.27. The number of anilines is 1. The van der Waals surface area contributed by atoms with Crippen molar-refractivity contribution in [3.8, 4) is 0 Å². The summed E-state index contributed by atoms with van der Waals surface area (Å²) in [5.74, 6) is -0.992. The summed E-state index contributed by atoms with van der Waals surface area (Å²) in [6, 6.07) is 9.91. The average molecular weight is 396 g/mol. The van der Waals surface area contributed by atoms with Crippen molar-refractivity contribution in [1.82, 2.24) is 15.2 Å². The van der Waals surface area contributed by atoms with Crippen LogP contribution < -0.4 is 10.6 Å². The number of nitrogens with one attached hydrogen (secondary N) is 2. The summed E-state index contributed by atoms with van der Waals surface area (Å²) < 4.78 is 13.1. The number of hydrogen-bond acceptors (Lipinski definition) is 4. The SMILES string of the molecule is O=C(Nc1ccc(F)cc1)[C@@H]1C[C@H](C(=O)NC2CC2)CN(Cc2ccncc2)C1. The second-order valence-corrected chi connectivity index (χ2v) is 7.96. The number of pyridine rings is 1. The maximum atomic E-state index is 13.1. The summed E-state index contributed by atoms with van der Waals surface area (Å²) in [4.78, 5) is 31.8. The number of benzene rings is 1. The van der Waals surface area contributed by atoms with Crippen molar-refractivity contribution >= 4 is 17.5 Å². The molecule has 2 fully saturated rings. The highest BCUT2D eigenvalue weighted by atomic mass is 19.1. The standard InChI is InChI=1S/C22H25FN4O2/c23-18-1-3-19(4-2-18)25-21(28)16-11-17(22(29)26-20-5-6-20)14-27(13-16)12-15-7-9-24-10-8-15/h1-4,7-10,16-17,20H,5-6,11-14H2,(H,25,28)(H,26,29)/t16-,17+/m1/s1. The van der Waals surface area contributed by atoms with E-state index in [1.54, 1.807) is 24.5 Å². The Morgan fingerprint density at radius 3 is 2.31 bits per heavy atom. The molecule has 152 valence electrons. The quantitative estimate of drug-likeness (QED) is 0.787. The number of rotatable bonds is 6. The predicted octanol–water partition coefficient (Wildman–Crippen LogP) is 2.58. The maximum Gasteiger partial charge on any atom is 0.228 e. The molecule has 2 N–H and O–H groups in total. The molecule has 1 aliphatic heterocycles. The van der Waals surface area contributed by atoms with Crippen LogP contribution in [0.3, 0.4) is 0 Å². The van der Waals surface area contributed by atoms with Crippen molar-refractivity contribution in [3.63, 3.8) is 0 Å². The van der Waals surface area contributed by atoms with Gasteiger partial charge in [-0.15, -0.1) is 0 Å². The van der Waals surface area contributed by atoms with E-state index in [2.05, 4.69) is 20.5 Å². The first kappa shape index (κ1) is 19.5. The fourth-order valence-corrected chi connectivity index (χ4v) is 3.77. The Balaban J connectivity index is 1.45. The summed E-state index contributed by atoms with van der Waals surface area (Å²) >= 11 is 0. The summed E-state index contributed by atoms with van der Waals surface area (Å²) in [5.41, 5.74) is 1.66. The third-order valence-electron chi connectivity index (χ3n) is 5.46. The van der Waals surface area contributed by atoms with Crippen molar-refractivity contribution in [1.29, 1.82) is 0 Å². The molecule has 1 saturated carbocycles. The molecule has 1 saturated heterocycles. The first-order valence-corrected chi connectivity index (χ1v) is 10.0. The minimum absolute atomic E-state index is 0.0338. The Bertz CT molecular complexity index is 855. The molecule has 2 aliphatic rings. The van der Waals surface area contributed by atoms with Gasteiger partial charge < -0.3 is 10.6 Å². The van der Waals surface area contributed by atoms with Gasteiger partial charge in [0.1, 0.15) is 5.82 Å². The highest BCUT2D eigenvalue weighted by Gasteiger charge is 2.36. The van der Waals surface area contributed by atoms with Gasteiger partial charge in [0.2, 0.25) is 11.8 Å². The van der Waals surface area contributed by atoms with Crippen LogP contribution in [0.2, 0.25) is 0 Å². The monoisotopic (exact) mass is 396 g/mol. The molecular formula is C22H25FN4O2. The lowest BCUT2D eigenvalue weighted by atomic mass is 9.87. The first-order valence-electron chi connectivity index (χ1n) is 10.0. The normalized spacial score (nSPS) is 22.1. The Kier molecular flexibility index (Phi) is 5.85. The van der Waals surface area contributed by atoms with Gasteiger partial charge in [0.15, 0.2) is 0 Å². The van der Waals surface area contributed by atoms with Gasteiger partial charge in [0.05, 0.1) is 11.8 Å². The highest BCUT2D eigenvalue weighted by molar-refractivity contribution is 5.93. The van der Waals surface area contributed by atoms with E-state index in [0.717, 1.165) is 18.4 Å². The number of halogens is 1. The zero-order valence-electron chi connectivity index (χ0n) is 16.2. The molecule has 0 unspecified atom stereocenters. The van der Waals surface area contributed by atoms with E-state index in [0.29, 0.717) is 37.8 Å². The summed E-state index contributed by atoms with van der Waals surface area (Å²) in [7, 11) is 0. The van der Waals surface area contributed by atoms with Crippen molar-refractivity contribution in [2.45, 2.75) is 31.8 Å². The maximum absolute atomic E-state index is 13.1. The fraction of sp³-hybridized carbons (Fsp3) is 0.409. The van der Waals surface area contributed by atoms with E-state index in [-0.39, 0.29) is 29.5 Å². The molecular weight excluding hydrogens is 371 g/mol. The molecule has 1 aromatic carbocycles. The van der Waals surface area contributed by atoms with Crippen LogP contribution in [0.1, 0.15) is 24.8 Å². The zero-order chi connectivity index (χ0) is 20.2. The number of aromatic nitrogens is 1. The molecule has 6 nitrogen and oxygen atoms in total. The van der Waals surface area contributed by atoms with Crippen LogP contribution in [0.25, 0.3) is 0 Å². The van der Waals surface area contributed by atoms with Crippen LogP contribution in [-0.2, 0) is 16.1 Å². The Morgan fingerprint density at radius 1 is 1.00 bits per heavy atom. The van der Waals surface area contributed by atoms with E-state index >= 15 is 0 Å². The molecule has 0 spiro atoms. The van der Waals surface area contributed by atoms with E-state index in [1.807, 2.05) is 12.1 Å². The van der Waals surface area contributed by atoms with E-state index in [4.69, 9.17) is 0 Å². The number of carbonyl (C=O) groups excluding carboxylic acids is 2. The van der Waals surface area contributed by atoms with E-state index < -0.39 is 0 Å². The fourth-order valence-electron chi connectivity index (χ4n) is 3.77. The Labute approximate surface area is 169 Å². The molecule has 0 bridgehead atoms. The summed E-state index contributed by atoms with van der Waals surface area (Å²) in [6.07, 6.45) is 6.07. The van der Waals surface area contributed by atoms with Gasteiger partial charge in [-0.25, -0.2) is 4.39 Å². The molecule has 2 amide bonds. The van der Waals surface area contributed by atoms with Gasteiger partial charge >= 0.3 is 0 Å². The number of piperidine rings is 1. The first-order chi connectivity index (χ1) is 14.1. The summed E-state index contributed by atoms with van der Waals surface area (Å²) in [6.45, 7) is 1.86. The van der Waals surface area contributed by atoms with Gasteiger partial charge in [0.25, 0.3) is 0 Å². The Hall–Kier alpha value is -2.80. The number of likely N-dealkylation sites (tertiary alicyclic amines) is 1. The Morgan fingerprint density at radius 2 is 1.66 bits per heavy atom. The summed E-state index contributed by atoms with van der Waals surface area (Å²) in [5, 5.41) is 5.94. The van der Waals surface area contributed by atoms with Crippen molar-refractivity contribution in [2.24, 2.45) is 11.8 Å². The number of nitrogens with zero attached hydrogens (tertiary/aromatic N) is 2. The van der Waals surface area contributed by atoms with Crippen molar-refractivity contribution in [3.05, 3.63) is 60.2 Å². The molecule has 29 heavy (non-hydrogen) atoms.